The van der Waals surface area contributed by atoms with Gasteiger partial charge in [-0.3, -0.25) is 4.57 Å². The largest absolute Gasteiger partial charge is 0.300 e. The molecule has 1 aromatic heterocycles. The van der Waals surface area contributed by atoms with Crippen molar-refractivity contribution in [1.82, 2.24) is 4.57 Å². The number of aliphatic imine (C=N–C) groups is 1. The molecule has 0 radical (unpaired) electrons. The molecule has 48 heavy (non-hydrogen) atoms. The van der Waals surface area contributed by atoms with E-state index in [4.69, 9.17) is 10.4 Å². The lowest BCUT2D eigenvalue weighted by molar-refractivity contribution is 0.661. The second-order valence-electron chi connectivity index (χ2n) is 13.3. The van der Waals surface area contributed by atoms with Gasteiger partial charge in [-0.2, -0.15) is 0 Å². The van der Waals surface area contributed by atoms with Gasteiger partial charge in [-0.15, -0.1) is 0 Å². The number of nitrogens with one attached hydrogen (secondary N) is 1. The molecule has 1 heterocycles. The number of hydrogen-bond donors (Lipinski definition) is 1. The molecule has 0 atom stereocenters. The molecule has 1 N–H and O–H groups in total. The Labute approximate surface area is 280 Å². The van der Waals surface area contributed by atoms with Crippen LogP contribution in [0.25, 0.3) is 60.5 Å². The van der Waals surface area contributed by atoms with Crippen LogP contribution >= 0.6 is 0 Å². The molecule has 0 unspecified atom stereocenters. The maximum atomic E-state index is 8.79. The van der Waals surface area contributed by atoms with Crippen molar-refractivity contribution in [1.29, 1.82) is 5.41 Å². The number of para-hydroxylation sites is 1. The first-order valence-corrected chi connectivity index (χ1v) is 16.5. The predicted octanol–water partition coefficient (Wildman–Crippen LogP) is 11.4. The maximum absolute atomic E-state index is 8.79. The second-order valence-corrected chi connectivity index (χ2v) is 13.3. The van der Waals surface area contributed by atoms with Crippen molar-refractivity contribution in [2.24, 2.45) is 4.99 Å². The maximum Gasteiger partial charge on any atom is 0.100 e. The Morgan fingerprint density at radius 1 is 0.625 bits per heavy atom. The average molecular weight is 616 g/mol. The summed E-state index contributed by atoms with van der Waals surface area (Å²) in [7, 11) is 0. The molecule has 6 aromatic carbocycles. The summed E-state index contributed by atoms with van der Waals surface area (Å²) < 4.78 is 2.22. The molecular weight excluding hydrogens is 583 g/mol. The van der Waals surface area contributed by atoms with Gasteiger partial charge in [-0.1, -0.05) is 129 Å². The lowest BCUT2D eigenvalue weighted by Gasteiger charge is -2.22. The van der Waals surface area contributed by atoms with Crippen LogP contribution in [0.2, 0.25) is 0 Å². The van der Waals surface area contributed by atoms with Crippen molar-refractivity contribution >= 4 is 50.3 Å². The van der Waals surface area contributed by atoms with Crippen LogP contribution in [0.15, 0.2) is 162 Å². The minimum absolute atomic E-state index is 0.143. The highest BCUT2D eigenvalue weighted by molar-refractivity contribution is 6.16. The number of allylic oxidation sites excluding steroid dienone is 5. The molecule has 9 rings (SSSR count). The number of benzene rings is 6. The van der Waals surface area contributed by atoms with Crippen LogP contribution in [0.3, 0.4) is 0 Å². The van der Waals surface area contributed by atoms with E-state index in [0.29, 0.717) is 5.71 Å². The Hall–Kier alpha value is -6.06. The number of aromatic nitrogens is 1. The van der Waals surface area contributed by atoms with Gasteiger partial charge in [0.2, 0.25) is 0 Å². The third kappa shape index (κ3) is 4.35. The van der Waals surface area contributed by atoms with Gasteiger partial charge in [-0.05, 0) is 80.6 Å². The summed E-state index contributed by atoms with van der Waals surface area (Å²) >= 11 is 0. The second kappa shape index (κ2) is 10.8. The zero-order chi connectivity index (χ0) is 32.4. The monoisotopic (exact) mass is 615 g/mol. The topological polar surface area (TPSA) is 41.1 Å². The number of hydrogen-bond acceptors (Lipinski definition) is 2. The molecule has 0 amide bonds. The first-order valence-electron chi connectivity index (χ1n) is 16.5. The van der Waals surface area contributed by atoms with Gasteiger partial charge < -0.3 is 5.41 Å². The van der Waals surface area contributed by atoms with Crippen LogP contribution in [0, 0.1) is 5.41 Å². The van der Waals surface area contributed by atoms with Gasteiger partial charge in [0.25, 0.3) is 0 Å². The minimum atomic E-state index is -0.143. The molecule has 3 heteroatoms. The van der Waals surface area contributed by atoms with Gasteiger partial charge >= 0.3 is 0 Å². The van der Waals surface area contributed by atoms with Crippen molar-refractivity contribution in [2.45, 2.75) is 19.3 Å². The highest BCUT2D eigenvalue weighted by atomic mass is 15.0. The van der Waals surface area contributed by atoms with Crippen molar-refractivity contribution in [3.05, 3.63) is 174 Å². The molecule has 3 nitrogen and oxygen atoms in total. The Morgan fingerprint density at radius 3 is 2.23 bits per heavy atom. The van der Waals surface area contributed by atoms with E-state index < -0.39 is 0 Å². The van der Waals surface area contributed by atoms with E-state index in [1.165, 1.54) is 49.5 Å². The summed E-state index contributed by atoms with van der Waals surface area (Å²) in [6.07, 6.45) is 9.66. The molecule has 0 spiro atoms. The third-order valence-electron chi connectivity index (χ3n) is 10.1. The fourth-order valence-electron chi connectivity index (χ4n) is 7.60. The molecule has 2 aliphatic carbocycles. The minimum Gasteiger partial charge on any atom is -0.300 e. The van der Waals surface area contributed by atoms with E-state index in [1.54, 1.807) is 0 Å². The fourth-order valence-corrected chi connectivity index (χ4v) is 7.60. The van der Waals surface area contributed by atoms with Crippen LogP contribution in [0.4, 0.5) is 0 Å². The third-order valence-corrected chi connectivity index (χ3v) is 10.1. The van der Waals surface area contributed by atoms with Crippen molar-refractivity contribution in [3.8, 4) is 22.3 Å². The van der Waals surface area contributed by atoms with Crippen molar-refractivity contribution < 1.29 is 0 Å². The molecule has 2 aliphatic rings. The summed E-state index contributed by atoms with van der Waals surface area (Å²) in [6, 6.07) is 45.7. The van der Waals surface area contributed by atoms with E-state index in [1.807, 2.05) is 30.6 Å². The summed E-state index contributed by atoms with van der Waals surface area (Å²) in [5, 5.41) is 13.5. The quantitative estimate of drug-likeness (QED) is 0.151. The molecule has 0 fully saturated rings. The zero-order valence-electron chi connectivity index (χ0n) is 26.9. The van der Waals surface area contributed by atoms with Crippen LogP contribution in [0.1, 0.15) is 30.5 Å². The highest BCUT2D eigenvalue weighted by Crippen LogP contribution is 2.51. The van der Waals surface area contributed by atoms with Crippen molar-refractivity contribution in [2.75, 3.05) is 0 Å². The van der Waals surface area contributed by atoms with Gasteiger partial charge in [-0.25, -0.2) is 4.99 Å². The molecule has 7 aromatic rings. The van der Waals surface area contributed by atoms with E-state index in [2.05, 4.69) is 146 Å². The number of nitrogens with zero attached hydrogens (tertiary/aromatic N) is 2. The van der Waals surface area contributed by atoms with Gasteiger partial charge in [0.15, 0.2) is 0 Å². The van der Waals surface area contributed by atoms with Gasteiger partial charge in [0, 0.05) is 27.3 Å². The van der Waals surface area contributed by atoms with E-state index in [9.17, 15) is 0 Å². The van der Waals surface area contributed by atoms with Crippen LogP contribution < -0.4 is 0 Å². The lowest BCUT2D eigenvalue weighted by Crippen LogP contribution is -2.15. The SMILES string of the molecule is CC1(C)c2cc(-c3ccccc3)ccc2-c2cc3c(cc21)c1ccccc1n3C=N/C(=C1/C=CC=CC1=N)c1ccc2ccccc2c1. The normalized spacial score (nSPS) is 15.9. The Kier molecular flexibility index (Phi) is 6.31. The fraction of sp³-hybridized carbons (Fsp3) is 0.0667. The lowest BCUT2D eigenvalue weighted by atomic mass is 9.81. The highest BCUT2D eigenvalue weighted by Gasteiger charge is 2.36. The van der Waals surface area contributed by atoms with Crippen LogP contribution in [-0.4, -0.2) is 16.6 Å². The van der Waals surface area contributed by atoms with Crippen molar-refractivity contribution in [3.63, 3.8) is 0 Å². The summed E-state index contributed by atoms with van der Waals surface area (Å²) in [4.78, 5) is 5.22. The summed E-state index contributed by atoms with van der Waals surface area (Å²) in [6.45, 7) is 4.70. The van der Waals surface area contributed by atoms with E-state index in [-0.39, 0.29) is 5.41 Å². The molecule has 0 saturated heterocycles. The standard InChI is InChI=1S/C45H33N3/c1-45(2)39-25-32(29-12-4-3-5-13-29)22-23-34(39)37-27-43-38(26-40(37)45)35-16-9-11-19-42(35)48(43)28-47-44(36-17-8-10-18-41(36)46)33-21-20-30-14-6-7-15-31(30)24-33/h3-28,46H,1-2H3/b44-36-,46-41?,47-28?. The zero-order valence-corrected chi connectivity index (χ0v) is 26.9. The summed E-state index contributed by atoms with van der Waals surface area (Å²) in [5.74, 6) is 0. The average Bonchev–Trinajstić information content (AvgIpc) is 3.55. The molecule has 0 saturated carbocycles. The molecular formula is C45H33N3. The Balaban J connectivity index is 1.24. The number of rotatable bonds is 4. The van der Waals surface area contributed by atoms with E-state index >= 15 is 0 Å². The van der Waals surface area contributed by atoms with Crippen LogP contribution in [-0.2, 0) is 5.41 Å². The van der Waals surface area contributed by atoms with E-state index in [0.717, 1.165) is 33.3 Å². The molecule has 0 bridgehead atoms. The number of fused-ring (bicyclic) bond motifs is 7. The Bertz CT molecular complexity index is 2590. The Morgan fingerprint density at radius 2 is 1.38 bits per heavy atom. The molecule has 0 aliphatic heterocycles. The first kappa shape index (κ1) is 28.2. The first-order chi connectivity index (χ1) is 23.5. The smallest absolute Gasteiger partial charge is 0.100 e. The van der Waals surface area contributed by atoms with Gasteiger partial charge in [0.1, 0.15) is 6.34 Å². The van der Waals surface area contributed by atoms with Crippen LogP contribution in [0.5, 0.6) is 0 Å². The predicted molar refractivity (Wildman–Crippen MR) is 203 cm³/mol. The molecule has 228 valence electrons. The van der Waals surface area contributed by atoms with Gasteiger partial charge in [0.05, 0.1) is 22.4 Å². The summed E-state index contributed by atoms with van der Waals surface area (Å²) in [5.41, 5.74) is 12.8.